The molecule has 3 atom stereocenters. The molecular formula is C42H82N14O5. The van der Waals surface area contributed by atoms with Crippen LogP contribution in [0.5, 0.6) is 0 Å². The fourth-order valence-corrected chi connectivity index (χ4v) is 6.40. The topological polar surface area (TPSA) is 353 Å². The maximum Gasteiger partial charge on any atom is 0.243 e. The van der Waals surface area contributed by atoms with Crippen LogP contribution in [0, 0.1) is 0 Å². The maximum absolute atomic E-state index is 13.6. The van der Waals surface area contributed by atoms with Crippen LogP contribution in [0.15, 0.2) is 27.1 Å². The number of nitrogens with one attached hydrogen (secondary N) is 4. The van der Waals surface area contributed by atoms with Gasteiger partial charge in [0.25, 0.3) is 0 Å². The number of hydrogen-bond acceptors (Lipinski definition) is 8. The lowest BCUT2D eigenvalue weighted by Crippen LogP contribution is -2.56. The SMILES string of the molecule is CCCCCCCC/C=C\CCCCCCCC(=O)NCCCCCC(=O)N[C@@H](CCCN=C(N)N)C(=O)N[C@@H](CCCN=C(N)N)C(=O)N[C@@H](CCCN=C(N)N)C(N)=O. The van der Waals surface area contributed by atoms with Gasteiger partial charge in [0.1, 0.15) is 18.1 Å². The zero-order valence-corrected chi connectivity index (χ0v) is 37.1. The van der Waals surface area contributed by atoms with E-state index in [1.165, 1.54) is 57.8 Å². The lowest BCUT2D eigenvalue weighted by atomic mass is 10.1. The van der Waals surface area contributed by atoms with Crippen molar-refractivity contribution < 1.29 is 24.0 Å². The highest BCUT2D eigenvalue weighted by Gasteiger charge is 2.29. The largest absolute Gasteiger partial charge is 0.370 e. The van der Waals surface area contributed by atoms with E-state index in [0.29, 0.717) is 51.5 Å². The van der Waals surface area contributed by atoms with Crippen LogP contribution in [-0.2, 0) is 24.0 Å². The number of unbranched alkanes of at least 4 members (excludes halogenated alkanes) is 13. The van der Waals surface area contributed by atoms with Crippen LogP contribution in [0.3, 0.4) is 0 Å². The first kappa shape index (κ1) is 55.9. The fourth-order valence-electron chi connectivity index (χ4n) is 6.40. The van der Waals surface area contributed by atoms with E-state index in [1.807, 2.05) is 0 Å². The molecule has 18 N–H and O–H groups in total. The predicted octanol–water partition coefficient (Wildman–Crippen LogP) is 1.80. The van der Waals surface area contributed by atoms with Crippen LogP contribution in [0.1, 0.15) is 161 Å². The minimum atomic E-state index is -1.12. The summed E-state index contributed by atoms with van der Waals surface area (Å²) in [6.45, 7) is 3.39. The molecule has 0 aromatic rings. The molecule has 61 heavy (non-hydrogen) atoms. The van der Waals surface area contributed by atoms with Crippen molar-refractivity contribution in [3.05, 3.63) is 12.2 Å². The summed E-state index contributed by atoms with van der Waals surface area (Å²) in [6, 6.07) is -3.19. The van der Waals surface area contributed by atoms with Crippen molar-refractivity contribution in [3.8, 4) is 0 Å². The van der Waals surface area contributed by atoms with Gasteiger partial charge in [0.05, 0.1) is 0 Å². The molecule has 0 aromatic heterocycles. The summed E-state index contributed by atoms with van der Waals surface area (Å²) >= 11 is 0. The number of carbonyl (C=O) groups is 5. The van der Waals surface area contributed by atoms with Gasteiger partial charge in [0, 0.05) is 39.0 Å². The highest BCUT2D eigenvalue weighted by Crippen LogP contribution is 2.11. The van der Waals surface area contributed by atoms with Gasteiger partial charge in [-0.2, -0.15) is 0 Å². The lowest BCUT2D eigenvalue weighted by Gasteiger charge is -2.25. The Hall–Kier alpha value is -5.10. The molecular weight excluding hydrogens is 781 g/mol. The quantitative estimate of drug-likeness (QED) is 0.0183. The molecule has 0 heterocycles. The maximum atomic E-state index is 13.6. The molecule has 0 spiro atoms. The average Bonchev–Trinajstić information content (AvgIpc) is 3.20. The van der Waals surface area contributed by atoms with E-state index >= 15 is 0 Å². The van der Waals surface area contributed by atoms with Crippen LogP contribution in [0.25, 0.3) is 0 Å². The number of guanidine groups is 3. The fraction of sp³-hybridized carbons (Fsp3) is 0.762. The molecule has 0 radical (unpaired) electrons. The number of carbonyl (C=O) groups excluding carboxylic acids is 5. The minimum absolute atomic E-state index is 0.0427. The number of allylic oxidation sites excluding steroid dienone is 2. The molecule has 0 aromatic carbocycles. The van der Waals surface area contributed by atoms with Crippen LogP contribution in [0.2, 0.25) is 0 Å². The van der Waals surface area contributed by atoms with E-state index < -0.39 is 35.8 Å². The third-order valence-electron chi connectivity index (χ3n) is 9.85. The second-order valence-corrected chi connectivity index (χ2v) is 15.5. The van der Waals surface area contributed by atoms with E-state index in [1.54, 1.807) is 0 Å². The average molecular weight is 863 g/mol. The monoisotopic (exact) mass is 863 g/mol. The van der Waals surface area contributed by atoms with E-state index in [2.05, 4.69) is 55.3 Å². The standard InChI is InChI=1S/C42H82N14O5/c1-2-3-4-5-6-7-8-9-10-11-12-13-14-15-17-26-35(57)50-28-19-16-18-27-36(58)54-33(24-21-30-52-41(46)47)38(60)56-34(25-22-31-53-42(48)49)39(61)55-32(37(43)59)23-20-29-51-40(44)45/h9-10,32-34H,2-8,11-31H2,1H3,(H2,43,59)(H,50,57)(H,54,58)(H,55,61)(H,56,60)(H4,44,45,51)(H4,46,47,52)(H4,48,49,53)/b10-9-/t32-,33-,34-/m0/s1. The Balaban J connectivity index is 4.88. The highest BCUT2D eigenvalue weighted by molar-refractivity contribution is 5.94. The number of nitrogens with zero attached hydrogens (tertiary/aromatic N) is 3. The summed E-state index contributed by atoms with van der Waals surface area (Å²) in [7, 11) is 0. The molecule has 0 saturated heterocycles. The van der Waals surface area contributed by atoms with Gasteiger partial charge in [0.15, 0.2) is 17.9 Å². The Kier molecular flexibility index (Phi) is 34.7. The molecule has 5 amide bonds. The predicted molar refractivity (Wildman–Crippen MR) is 246 cm³/mol. The molecule has 0 saturated carbocycles. The second-order valence-electron chi connectivity index (χ2n) is 15.5. The summed E-state index contributed by atoms with van der Waals surface area (Å²) < 4.78 is 0. The van der Waals surface area contributed by atoms with Crippen molar-refractivity contribution in [2.24, 2.45) is 55.1 Å². The molecule has 0 aliphatic heterocycles. The van der Waals surface area contributed by atoms with E-state index in [9.17, 15) is 24.0 Å². The smallest absolute Gasteiger partial charge is 0.243 e. The molecule has 19 heteroatoms. The molecule has 0 fully saturated rings. The second kappa shape index (κ2) is 37.9. The van der Waals surface area contributed by atoms with Gasteiger partial charge in [-0.15, -0.1) is 0 Å². The van der Waals surface area contributed by atoms with Crippen molar-refractivity contribution in [1.82, 2.24) is 21.3 Å². The Morgan fingerprint density at radius 3 is 1.33 bits per heavy atom. The summed E-state index contributed by atoms with van der Waals surface area (Å²) in [5, 5.41) is 11.1. The van der Waals surface area contributed by atoms with Crippen LogP contribution in [0.4, 0.5) is 0 Å². The van der Waals surface area contributed by atoms with Crippen molar-refractivity contribution in [3.63, 3.8) is 0 Å². The third kappa shape index (κ3) is 35.4. The van der Waals surface area contributed by atoms with Gasteiger partial charge in [-0.25, -0.2) is 0 Å². The number of rotatable bonds is 39. The van der Waals surface area contributed by atoms with Crippen molar-refractivity contribution >= 4 is 47.4 Å². The first-order valence-electron chi connectivity index (χ1n) is 22.5. The van der Waals surface area contributed by atoms with Crippen LogP contribution >= 0.6 is 0 Å². The van der Waals surface area contributed by atoms with E-state index in [4.69, 9.17) is 40.1 Å². The van der Waals surface area contributed by atoms with Crippen LogP contribution < -0.4 is 61.4 Å². The Bertz CT molecular complexity index is 1350. The number of primary amides is 1. The Morgan fingerprint density at radius 1 is 0.459 bits per heavy atom. The Labute approximate surface area is 364 Å². The highest BCUT2D eigenvalue weighted by atomic mass is 16.2. The lowest BCUT2D eigenvalue weighted by molar-refractivity contribution is -0.133. The van der Waals surface area contributed by atoms with E-state index in [0.717, 1.165) is 25.7 Å². The molecule has 0 aliphatic rings. The first-order valence-corrected chi connectivity index (χ1v) is 22.5. The minimum Gasteiger partial charge on any atom is -0.370 e. The number of nitrogens with two attached hydrogens (primary N) is 7. The van der Waals surface area contributed by atoms with Gasteiger partial charge in [-0.05, 0) is 83.5 Å². The molecule has 0 bridgehead atoms. The van der Waals surface area contributed by atoms with Gasteiger partial charge < -0.3 is 61.4 Å². The number of hydrogen-bond donors (Lipinski definition) is 11. The molecule has 0 rings (SSSR count). The molecule has 350 valence electrons. The zero-order chi connectivity index (χ0) is 45.5. The normalized spacial score (nSPS) is 12.4. The summed E-state index contributed by atoms with van der Waals surface area (Å²) in [4.78, 5) is 76.3. The number of amides is 5. The molecule has 0 unspecified atom stereocenters. The van der Waals surface area contributed by atoms with Gasteiger partial charge >= 0.3 is 0 Å². The van der Waals surface area contributed by atoms with Crippen molar-refractivity contribution in [2.45, 2.75) is 179 Å². The summed E-state index contributed by atoms with van der Waals surface area (Å²) in [5.41, 5.74) is 38.0. The molecule has 19 nitrogen and oxygen atoms in total. The van der Waals surface area contributed by atoms with Crippen LogP contribution in [-0.4, -0.2) is 91.7 Å². The summed E-state index contributed by atoms with van der Waals surface area (Å²) in [6.07, 6.45) is 24.5. The van der Waals surface area contributed by atoms with E-state index in [-0.39, 0.29) is 75.0 Å². The summed E-state index contributed by atoms with van der Waals surface area (Å²) in [5.74, 6) is -2.69. The first-order chi connectivity index (χ1) is 29.3. The third-order valence-corrected chi connectivity index (χ3v) is 9.85. The Morgan fingerprint density at radius 2 is 0.852 bits per heavy atom. The molecule has 0 aliphatic carbocycles. The van der Waals surface area contributed by atoms with Crippen molar-refractivity contribution in [1.29, 1.82) is 0 Å². The van der Waals surface area contributed by atoms with Gasteiger partial charge in [-0.3, -0.25) is 38.9 Å². The number of aliphatic imine (C=N–C) groups is 3. The van der Waals surface area contributed by atoms with Gasteiger partial charge in [0.2, 0.25) is 29.5 Å². The van der Waals surface area contributed by atoms with Crippen molar-refractivity contribution in [2.75, 3.05) is 26.2 Å². The van der Waals surface area contributed by atoms with Gasteiger partial charge in [-0.1, -0.05) is 76.9 Å². The zero-order valence-electron chi connectivity index (χ0n) is 37.1.